The van der Waals surface area contributed by atoms with Gasteiger partial charge in [-0.05, 0) is 61.1 Å². The van der Waals surface area contributed by atoms with Crippen LogP contribution in [-0.2, 0) is 22.6 Å². The van der Waals surface area contributed by atoms with E-state index in [1.54, 1.807) is 11.0 Å². The number of rotatable bonds is 10. The molecule has 1 atom stereocenters. The van der Waals surface area contributed by atoms with Gasteiger partial charge in [0.1, 0.15) is 11.8 Å². The number of benzene rings is 3. The first-order valence-electron chi connectivity index (χ1n) is 13.0. The first-order chi connectivity index (χ1) is 17.9. The van der Waals surface area contributed by atoms with E-state index in [2.05, 4.69) is 5.32 Å². The Morgan fingerprint density at radius 2 is 1.68 bits per heavy atom. The summed E-state index contributed by atoms with van der Waals surface area (Å²) in [4.78, 5) is 29.1. The third-order valence-electron chi connectivity index (χ3n) is 7.18. The molecule has 0 aromatic heterocycles. The van der Waals surface area contributed by atoms with Gasteiger partial charge in [-0.3, -0.25) is 9.59 Å². The summed E-state index contributed by atoms with van der Waals surface area (Å²) < 4.78 is 5.99. The van der Waals surface area contributed by atoms with E-state index in [1.165, 1.54) is 0 Å². The summed E-state index contributed by atoms with van der Waals surface area (Å²) in [5.74, 6) is 0.271. The topological polar surface area (TPSA) is 58.6 Å². The van der Waals surface area contributed by atoms with Crippen molar-refractivity contribution >= 4 is 23.4 Å². The molecule has 0 bridgehead atoms. The van der Waals surface area contributed by atoms with Crippen LogP contribution < -0.4 is 10.1 Å². The van der Waals surface area contributed by atoms with Crippen molar-refractivity contribution in [3.8, 4) is 5.75 Å². The second-order valence-electron chi connectivity index (χ2n) is 9.80. The number of hydrogen-bond acceptors (Lipinski definition) is 3. The molecular formula is C31H35ClN2O3. The minimum absolute atomic E-state index is 0.136. The second kappa shape index (κ2) is 12.8. The lowest BCUT2D eigenvalue weighted by Crippen LogP contribution is -2.53. The van der Waals surface area contributed by atoms with Gasteiger partial charge in [-0.15, -0.1) is 0 Å². The molecule has 0 saturated heterocycles. The van der Waals surface area contributed by atoms with Crippen molar-refractivity contribution in [2.45, 2.75) is 64.6 Å². The second-order valence-corrected chi connectivity index (χ2v) is 10.2. The molecule has 2 amide bonds. The average molecular weight is 519 g/mol. The lowest BCUT2D eigenvalue weighted by atomic mass is 10.0. The summed E-state index contributed by atoms with van der Waals surface area (Å²) in [5, 5.41) is 3.78. The molecule has 1 aliphatic carbocycles. The Hall–Kier alpha value is -3.31. The number of ether oxygens (including phenoxy) is 1. The van der Waals surface area contributed by atoms with Gasteiger partial charge >= 0.3 is 0 Å². The van der Waals surface area contributed by atoms with Crippen molar-refractivity contribution in [2.75, 3.05) is 6.61 Å². The minimum Gasteiger partial charge on any atom is -0.483 e. The van der Waals surface area contributed by atoms with Gasteiger partial charge < -0.3 is 15.0 Å². The SMILES string of the molecule is Cc1cccc(OCC(=O)N(Cc2ccccc2Cl)[C@@H](Cc2ccccc2)C(=O)NC2CCCC2)c1C. The molecule has 0 unspecified atom stereocenters. The van der Waals surface area contributed by atoms with Crippen molar-refractivity contribution in [1.82, 2.24) is 10.2 Å². The summed E-state index contributed by atoms with van der Waals surface area (Å²) >= 11 is 6.50. The van der Waals surface area contributed by atoms with Crippen molar-refractivity contribution in [2.24, 2.45) is 0 Å². The largest absolute Gasteiger partial charge is 0.483 e. The van der Waals surface area contributed by atoms with Crippen molar-refractivity contribution in [3.05, 3.63) is 100 Å². The predicted octanol–water partition coefficient (Wildman–Crippen LogP) is 6.03. The van der Waals surface area contributed by atoms with Crippen molar-refractivity contribution < 1.29 is 14.3 Å². The molecule has 4 rings (SSSR count). The van der Waals surface area contributed by atoms with Gasteiger partial charge in [-0.2, -0.15) is 0 Å². The molecule has 5 nitrogen and oxygen atoms in total. The highest BCUT2D eigenvalue weighted by Crippen LogP contribution is 2.24. The van der Waals surface area contributed by atoms with Crippen LogP contribution in [0.5, 0.6) is 5.75 Å². The number of hydrogen-bond donors (Lipinski definition) is 1. The normalized spacial score (nSPS) is 14.2. The van der Waals surface area contributed by atoms with Crippen LogP contribution in [0.2, 0.25) is 5.02 Å². The molecule has 1 aliphatic rings. The molecule has 1 fully saturated rings. The van der Waals surface area contributed by atoms with Crippen LogP contribution in [0.15, 0.2) is 72.8 Å². The first kappa shape index (κ1) is 26.7. The van der Waals surface area contributed by atoms with Gasteiger partial charge in [0.15, 0.2) is 6.61 Å². The molecule has 0 aliphatic heterocycles. The Kier molecular flexibility index (Phi) is 9.24. The van der Waals surface area contributed by atoms with E-state index in [0.717, 1.165) is 47.9 Å². The van der Waals surface area contributed by atoms with Gasteiger partial charge in [0.2, 0.25) is 5.91 Å². The first-order valence-corrected chi connectivity index (χ1v) is 13.4. The maximum absolute atomic E-state index is 13.8. The molecule has 1 N–H and O–H groups in total. The Balaban J connectivity index is 1.63. The molecule has 1 saturated carbocycles. The number of carbonyl (C=O) groups excluding carboxylic acids is 2. The summed E-state index contributed by atoms with van der Waals surface area (Å²) in [5.41, 5.74) is 3.86. The Morgan fingerprint density at radius 3 is 2.41 bits per heavy atom. The van der Waals surface area contributed by atoms with Gasteiger partial charge in [0.25, 0.3) is 5.91 Å². The van der Waals surface area contributed by atoms with E-state index < -0.39 is 6.04 Å². The number of halogens is 1. The molecule has 3 aromatic rings. The predicted molar refractivity (Wildman–Crippen MR) is 148 cm³/mol. The van der Waals surface area contributed by atoms with Crippen LogP contribution in [-0.4, -0.2) is 35.4 Å². The molecule has 6 heteroatoms. The fourth-order valence-corrected chi connectivity index (χ4v) is 5.03. The van der Waals surface area contributed by atoms with E-state index >= 15 is 0 Å². The van der Waals surface area contributed by atoms with Gasteiger partial charge in [0.05, 0.1) is 0 Å². The van der Waals surface area contributed by atoms with Crippen molar-refractivity contribution in [1.29, 1.82) is 0 Å². The molecule has 0 spiro atoms. The molecule has 0 radical (unpaired) electrons. The molecule has 37 heavy (non-hydrogen) atoms. The van der Waals surface area contributed by atoms with Crippen LogP contribution in [0.25, 0.3) is 0 Å². The fraction of sp³-hybridized carbons (Fsp3) is 0.355. The maximum atomic E-state index is 13.8. The van der Waals surface area contributed by atoms with Gasteiger partial charge in [0, 0.05) is 24.0 Å². The lowest BCUT2D eigenvalue weighted by molar-refractivity contribution is -0.143. The van der Waals surface area contributed by atoms with Crippen LogP contribution in [0.1, 0.15) is 47.9 Å². The number of amides is 2. The summed E-state index contributed by atoms with van der Waals surface area (Å²) in [6.07, 6.45) is 4.57. The zero-order valence-electron chi connectivity index (χ0n) is 21.6. The van der Waals surface area contributed by atoms with E-state index in [4.69, 9.17) is 16.3 Å². The molecule has 3 aromatic carbocycles. The van der Waals surface area contributed by atoms with E-state index in [-0.39, 0.29) is 31.0 Å². The van der Waals surface area contributed by atoms with E-state index in [9.17, 15) is 9.59 Å². The third-order valence-corrected chi connectivity index (χ3v) is 7.55. The fourth-order valence-electron chi connectivity index (χ4n) is 4.83. The quantitative estimate of drug-likeness (QED) is 0.356. The Morgan fingerprint density at radius 1 is 0.973 bits per heavy atom. The molecule has 0 heterocycles. The zero-order valence-corrected chi connectivity index (χ0v) is 22.3. The van der Waals surface area contributed by atoms with E-state index in [1.807, 2.05) is 80.6 Å². The lowest BCUT2D eigenvalue weighted by Gasteiger charge is -2.32. The number of nitrogens with zero attached hydrogens (tertiary/aromatic N) is 1. The monoisotopic (exact) mass is 518 g/mol. The standard InChI is InChI=1S/C31H35ClN2O3/c1-22-11-10-18-29(23(22)2)37-21-30(35)34(20-25-14-6-9-17-27(25)32)28(19-24-12-4-3-5-13-24)31(36)33-26-15-7-8-16-26/h3-6,9-14,17-18,26,28H,7-8,15-16,19-21H2,1-2H3,(H,33,36)/t28-/m0/s1. The van der Waals surface area contributed by atoms with E-state index in [0.29, 0.717) is 17.2 Å². The highest BCUT2D eigenvalue weighted by Gasteiger charge is 2.32. The third kappa shape index (κ3) is 7.14. The summed E-state index contributed by atoms with van der Waals surface area (Å²) in [6.45, 7) is 4.03. The molecular weight excluding hydrogens is 484 g/mol. The number of carbonyl (C=O) groups is 2. The average Bonchev–Trinajstić information content (AvgIpc) is 3.41. The summed E-state index contributed by atoms with van der Waals surface area (Å²) in [6, 6.07) is 22.5. The van der Waals surface area contributed by atoms with Crippen LogP contribution in [0.4, 0.5) is 0 Å². The summed E-state index contributed by atoms with van der Waals surface area (Å²) in [7, 11) is 0. The number of nitrogens with one attached hydrogen (secondary N) is 1. The Bertz CT molecular complexity index is 1210. The smallest absolute Gasteiger partial charge is 0.261 e. The Labute approximate surface area is 224 Å². The highest BCUT2D eigenvalue weighted by atomic mass is 35.5. The number of aryl methyl sites for hydroxylation is 1. The van der Waals surface area contributed by atoms with Crippen LogP contribution >= 0.6 is 11.6 Å². The molecule has 194 valence electrons. The highest BCUT2D eigenvalue weighted by molar-refractivity contribution is 6.31. The minimum atomic E-state index is -0.700. The van der Waals surface area contributed by atoms with Crippen LogP contribution in [0, 0.1) is 13.8 Å². The maximum Gasteiger partial charge on any atom is 0.261 e. The van der Waals surface area contributed by atoms with Gasteiger partial charge in [-0.25, -0.2) is 0 Å². The van der Waals surface area contributed by atoms with Crippen molar-refractivity contribution in [3.63, 3.8) is 0 Å². The van der Waals surface area contributed by atoms with Crippen LogP contribution in [0.3, 0.4) is 0 Å². The zero-order chi connectivity index (χ0) is 26.2. The van der Waals surface area contributed by atoms with Gasteiger partial charge in [-0.1, -0.05) is 85.1 Å².